The maximum Gasteiger partial charge on any atom is 0.321 e. The molecule has 0 radical (unpaired) electrons. The molecule has 5 nitrogen and oxygen atoms in total. The van der Waals surface area contributed by atoms with Crippen LogP contribution in [0.5, 0.6) is 0 Å². The first-order valence-corrected chi connectivity index (χ1v) is 6.80. The molecule has 5 heteroatoms. The number of aryl methyl sites for hydroxylation is 2. The molecule has 1 unspecified atom stereocenters. The van der Waals surface area contributed by atoms with Crippen molar-refractivity contribution in [3.63, 3.8) is 0 Å². The van der Waals surface area contributed by atoms with Crippen LogP contribution in [0.2, 0.25) is 0 Å². The van der Waals surface area contributed by atoms with Crippen LogP contribution in [-0.2, 0) is 4.79 Å². The van der Waals surface area contributed by atoms with Gasteiger partial charge >= 0.3 is 12.0 Å². The van der Waals surface area contributed by atoms with Crippen molar-refractivity contribution in [2.24, 2.45) is 5.92 Å². The molecule has 1 saturated heterocycles. The number of anilines is 1. The Morgan fingerprint density at radius 3 is 2.75 bits per heavy atom. The highest BCUT2D eigenvalue weighted by Gasteiger charge is 2.27. The zero-order valence-electron chi connectivity index (χ0n) is 11.8. The number of amides is 2. The molecule has 1 atom stereocenters. The van der Waals surface area contributed by atoms with Crippen LogP contribution < -0.4 is 5.32 Å². The minimum Gasteiger partial charge on any atom is -0.481 e. The van der Waals surface area contributed by atoms with Crippen molar-refractivity contribution in [2.45, 2.75) is 26.7 Å². The Morgan fingerprint density at radius 1 is 1.35 bits per heavy atom. The van der Waals surface area contributed by atoms with Crippen LogP contribution in [0.25, 0.3) is 0 Å². The lowest BCUT2D eigenvalue weighted by atomic mass is 10.1. The largest absolute Gasteiger partial charge is 0.481 e. The molecule has 1 aromatic carbocycles. The summed E-state index contributed by atoms with van der Waals surface area (Å²) in [6.07, 6.45) is 0.889. The lowest BCUT2D eigenvalue weighted by molar-refractivity contribution is -0.138. The Balaban J connectivity index is 1.92. The fourth-order valence-corrected chi connectivity index (χ4v) is 2.45. The summed E-state index contributed by atoms with van der Waals surface area (Å²) in [7, 11) is 0. The van der Waals surface area contributed by atoms with Gasteiger partial charge in [0.1, 0.15) is 0 Å². The average molecular weight is 276 g/mol. The van der Waals surface area contributed by atoms with Crippen molar-refractivity contribution in [3.05, 3.63) is 29.3 Å². The lowest BCUT2D eigenvalue weighted by Crippen LogP contribution is -2.33. The number of carboxylic acids is 1. The van der Waals surface area contributed by atoms with Gasteiger partial charge in [-0.2, -0.15) is 0 Å². The van der Waals surface area contributed by atoms with Crippen molar-refractivity contribution in [3.8, 4) is 0 Å². The number of hydrogen-bond donors (Lipinski definition) is 2. The number of benzene rings is 1. The van der Waals surface area contributed by atoms with E-state index in [4.69, 9.17) is 5.11 Å². The highest BCUT2D eigenvalue weighted by molar-refractivity contribution is 5.89. The van der Waals surface area contributed by atoms with E-state index in [1.54, 1.807) is 4.90 Å². The summed E-state index contributed by atoms with van der Waals surface area (Å²) >= 11 is 0. The van der Waals surface area contributed by atoms with E-state index in [0.717, 1.165) is 17.7 Å². The van der Waals surface area contributed by atoms with Gasteiger partial charge in [-0.25, -0.2) is 4.79 Å². The number of carboxylic acid groups (broad SMARTS) is 1. The summed E-state index contributed by atoms with van der Waals surface area (Å²) in [6, 6.07) is 5.65. The van der Waals surface area contributed by atoms with Crippen molar-refractivity contribution in [1.29, 1.82) is 0 Å². The number of likely N-dealkylation sites (tertiary alicyclic amines) is 1. The highest BCUT2D eigenvalue weighted by atomic mass is 16.4. The van der Waals surface area contributed by atoms with Gasteiger partial charge in [-0.15, -0.1) is 0 Å². The molecule has 1 aliphatic heterocycles. The Labute approximate surface area is 118 Å². The number of aliphatic carboxylic acids is 1. The van der Waals surface area contributed by atoms with Crippen molar-refractivity contribution >= 4 is 17.7 Å². The molecule has 0 aromatic heterocycles. The van der Waals surface area contributed by atoms with Gasteiger partial charge in [0.05, 0.1) is 0 Å². The topological polar surface area (TPSA) is 69.6 Å². The molecule has 1 heterocycles. The van der Waals surface area contributed by atoms with E-state index in [-0.39, 0.29) is 18.4 Å². The fourth-order valence-electron chi connectivity index (χ4n) is 2.45. The average Bonchev–Trinajstić information content (AvgIpc) is 2.81. The van der Waals surface area contributed by atoms with E-state index < -0.39 is 5.97 Å². The maximum absolute atomic E-state index is 12.1. The highest BCUT2D eigenvalue weighted by Crippen LogP contribution is 2.21. The molecule has 2 amide bonds. The molecular formula is C15H20N2O3. The standard InChI is InChI=1S/C15H20N2O3/c1-10-3-4-13(7-11(10)2)16-15(20)17-6-5-12(9-17)8-14(18)19/h3-4,7,12H,5-6,8-9H2,1-2H3,(H,16,20)(H,18,19). The van der Waals surface area contributed by atoms with E-state index in [2.05, 4.69) is 5.32 Å². The first kappa shape index (κ1) is 14.4. The Bertz CT molecular complexity index is 528. The molecular weight excluding hydrogens is 256 g/mol. The Kier molecular flexibility index (Phi) is 4.27. The molecule has 2 N–H and O–H groups in total. The molecule has 20 heavy (non-hydrogen) atoms. The predicted molar refractivity (Wildman–Crippen MR) is 76.9 cm³/mol. The van der Waals surface area contributed by atoms with Crippen LogP contribution in [0.3, 0.4) is 0 Å². The molecule has 1 aliphatic rings. The van der Waals surface area contributed by atoms with Crippen molar-refractivity contribution in [1.82, 2.24) is 4.90 Å². The van der Waals surface area contributed by atoms with Crippen LogP contribution in [-0.4, -0.2) is 35.1 Å². The minimum atomic E-state index is -0.800. The number of nitrogens with zero attached hydrogens (tertiary/aromatic N) is 1. The van der Waals surface area contributed by atoms with E-state index in [9.17, 15) is 9.59 Å². The van der Waals surface area contributed by atoms with Gasteiger partial charge in [0.15, 0.2) is 0 Å². The van der Waals surface area contributed by atoms with Crippen LogP contribution >= 0.6 is 0 Å². The zero-order chi connectivity index (χ0) is 14.7. The van der Waals surface area contributed by atoms with Crippen molar-refractivity contribution in [2.75, 3.05) is 18.4 Å². The second-order valence-electron chi connectivity index (χ2n) is 5.43. The van der Waals surface area contributed by atoms with Gasteiger partial charge in [-0.1, -0.05) is 6.07 Å². The SMILES string of the molecule is Cc1ccc(NC(=O)N2CCC(CC(=O)O)C2)cc1C. The van der Waals surface area contributed by atoms with E-state index in [1.807, 2.05) is 32.0 Å². The Morgan fingerprint density at radius 2 is 2.10 bits per heavy atom. The summed E-state index contributed by atoms with van der Waals surface area (Å²) < 4.78 is 0. The van der Waals surface area contributed by atoms with Gasteiger partial charge < -0.3 is 15.3 Å². The third-order valence-corrected chi connectivity index (χ3v) is 3.79. The zero-order valence-corrected chi connectivity index (χ0v) is 11.8. The van der Waals surface area contributed by atoms with Gasteiger partial charge in [0, 0.05) is 25.2 Å². The summed E-state index contributed by atoms with van der Waals surface area (Å²) in [5, 5.41) is 11.6. The number of carbonyl (C=O) groups excluding carboxylic acids is 1. The lowest BCUT2D eigenvalue weighted by Gasteiger charge is -2.17. The van der Waals surface area contributed by atoms with Gasteiger partial charge in [-0.3, -0.25) is 4.79 Å². The van der Waals surface area contributed by atoms with Crippen LogP contribution in [0, 0.1) is 19.8 Å². The molecule has 0 aliphatic carbocycles. The molecule has 0 bridgehead atoms. The molecule has 0 spiro atoms. The molecule has 108 valence electrons. The number of urea groups is 1. The van der Waals surface area contributed by atoms with E-state index in [0.29, 0.717) is 13.1 Å². The van der Waals surface area contributed by atoms with Gasteiger partial charge in [0.2, 0.25) is 0 Å². The van der Waals surface area contributed by atoms with Crippen LogP contribution in [0.15, 0.2) is 18.2 Å². The molecule has 1 fully saturated rings. The molecule has 0 saturated carbocycles. The third kappa shape index (κ3) is 3.50. The second kappa shape index (κ2) is 5.94. The molecule has 1 aromatic rings. The van der Waals surface area contributed by atoms with E-state index >= 15 is 0 Å². The van der Waals surface area contributed by atoms with Gasteiger partial charge in [0.25, 0.3) is 0 Å². The number of hydrogen-bond acceptors (Lipinski definition) is 2. The normalized spacial score (nSPS) is 18.1. The monoisotopic (exact) mass is 276 g/mol. The smallest absolute Gasteiger partial charge is 0.321 e. The first-order valence-electron chi connectivity index (χ1n) is 6.80. The quantitative estimate of drug-likeness (QED) is 0.891. The number of rotatable bonds is 3. The van der Waals surface area contributed by atoms with Crippen LogP contribution in [0.1, 0.15) is 24.0 Å². The number of nitrogens with one attached hydrogen (secondary N) is 1. The fraction of sp³-hybridized carbons (Fsp3) is 0.467. The second-order valence-corrected chi connectivity index (χ2v) is 5.43. The minimum absolute atomic E-state index is 0.0676. The predicted octanol–water partition coefficient (Wildman–Crippen LogP) is 2.63. The number of carbonyl (C=O) groups is 2. The van der Waals surface area contributed by atoms with E-state index in [1.165, 1.54) is 5.56 Å². The molecule has 2 rings (SSSR count). The van der Waals surface area contributed by atoms with Gasteiger partial charge in [-0.05, 0) is 49.4 Å². The summed E-state index contributed by atoms with van der Waals surface area (Å²) in [6.45, 7) is 5.17. The summed E-state index contributed by atoms with van der Waals surface area (Å²) in [4.78, 5) is 24.5. The van der Waals surface area contributed by atoms with Crippen molar-refractivity contribution < 1.29 is 14.7 Å². The first-order chi connectivity index (χ1) is 9.45. The third-order valence-electron chi connectivity index (χ3n) is 3.79. The summed E-state index contributed by atoms with van der Waals surface area (Å²) in [5.41, 5.74) is 3.10. The van der Waals surface area contributed by atoms with Crippen LogP contribution in [0.4, 0.5) is 10.5 Å². The maximum atomic E-state index is 12.1. The Hall–Kier alpha value is -2.04. The summed E-state index contributed by atoms with van der Waals surface area (Å²) in [5.74, 6) is -0.732.